The van der Waals surface area contributed by atoms with Crippen LogP contribution in [0.5, 0.6) is 0 Å². The van der Waals surface area contributed by atoms with Crippen molar-refractivity contribution in [3.63, 3.8) is 0 Å². The molecule has 0 saturated carbocycles. The van der Waals surface area contributed by atoms with Gasteiger partial charge in [0.2, 0.25) is 5.91 Å². The van der Waals surface area contributed by atoms with E-state index in [-0.39, 0.29) is 18.5 Å². The monoisotopic (exact) mass is 1130 g/mol. The first-order chi connectivity index (χ1) is 39.5. The standard InChI is InChI=1S/C74H143NO5/c1-3-5-7-9-11-13-15-17-18-41-44-48-52-56-60-64-68-74(79)80-69-65-61-57-53-49-45-42-39-37-35-33-31-29-27-25-23-21-19-20-22-24-26-28-30-32-34-36-38-40-43-47-51-55-59-63-67-73(78)75-71(70-76)72(77)66-62-58-54-50-46-16-14-12-10-8-6-4-2/h18,21,23,41,71-72,76-77H,3-17,19-20,22,24-40,42-70H2,1-2H3,(H,75,78)/b23-21-,41-18-. The fourth-order valence-corrected chi connectivity index (χ4v) is 11.6. The maximum atomic E-state index is 12.5. The minimum Gasteiger partial charge on any atom is -0.466 e. The van der Waals surface area contributed by atoms with Crippen molar-refractivity contribution < 1.29 is 24.5 Å². The highest BCUT2D eigenvalue weighted by Crippen LogP contribution is 2.19. The number of allylic oxidation sites excluding steroid dienone is 4. The molecule has 0 rings (SSSR count). The van der Waals surface area contributed by atoms with Crippen molar-refractivity contribution in [3.05, 3.63) is 24.3 Å². The van der Waals surface area contributed by atoms with Gasteiger partial charge in [0.25, 0.3) is 0 Å². The first kappa shape index (κ1) is 78.3. The summed E-state index contributed by atoms with van der Waals surface area (Å²) in [5.41, 5.74) is 0. The minimum absolute atomic E-state index is 0.0134. The third-order valence-corrected chi connectivity index (χ3v) is 17.2. The van der Waals surface area contributed by atoms with Crippen LogP contribution in [-0.4, -0.2) is 47.4 Å². The number of carbonyl (C=O) groups excluding carboxylic acids is 2. The lowest BCUT2D eigenvalue weighted by Gasteiger charge is -2.22. The summed E-state index contributed by atoms with van der Waals surface area (Å²) in [7, 11) is 0. The van der Waals surface area contributed by atoms with Crippen LogP contribution >= 0.6 is 0 Å². The molecule has 0 aliphatic rings. The van der Waals surface area contributed by atoms with Crippen LogP contribution in [0.4, 0.5) is 0 Å². The zero-order valence-electron chi connectivity index (χ0n) is 54.3. The van der Waals surface area contributed by atoms with Gasteiger partial charge in [-0.1, -0.05) is 346 Å². The lowest BCUT2D eigenvalue weighted by molar-refractivity contribution is -0.143. The second-order valence-electron chi connectivity index (χ2n) is 25.3. The topological polar surface area (TPSA) is 95.9 Å². The van der Waals surface area contributed by atoms with Gasteiger partial charge in [-0.3, -0.25) is 9.59 Å². The number of rotatable bonds is 69. The van der Waals surface area contributed by atoms with Gasteiger partial charge in [0.1, 0.15) is 0 Å². The molecule has 80 heavy (non-hydrogen) atoms. The van der Waals surface area contributed by atoms with Crippen LogP contribution in [0.3, 0.4) is 0 Å². The largest absolute Gasteiger partial charge is 0.466 e. The fourth-order valence-electron chi connectivity index (χ4n) is 11.6. The molecular formula is C74H143NO5. The lowest BCUT2D eigenvalue weighted by Crippen LogP contribution is -2.45. The Morgan fingerprint density at radius 3 is 0.887 bits per heavy atom. The Balaban J connectivity index is 3.32. The van der Waals surface area contributed by atoms with Crippen molar-refractivity contribution in [1.29, 1.82) is 0 Å². The molecule has 0 saturated heterocycles. The average molecular weight is 1130 g/mol. The second-order valence-corrected chi connectivity index (χ2v) is 25.3. The third kappa shape index (κ3) is 65.5. The number of aliphatic hydroxyl groups excluding tert-OH is 2. The number of unbranched alkanes of at least 4 members (excludes halogenated alkanes) is 54. The molecule has 0 aromatic heterocycles. The maximum Gasteiger partial charge on any atom is 0.305 e. The normalized spacial score (nSPS) is 12.6. The second kappa shape index (κ2) is 69.8. The van der Waals surface area contributed by atoms with E-state index < -0.39 is 12.1 Å². The maximum absolute atomic E-state index is 12.5. The number of aliphatic hydroxyl groups is 2. The lowest BCUT2D eigenvalue weighted by atomic mass is 10.0. The number of carbonyl (C=O) groups is 2. The highest BCUT2D eigenvalue weighted by Gasteiger charge is 2.20. The summed E-state index contributed by atoms with van der Waals surface area (Å²) < 4.78 is 5.50. The predicted molar refractivity (Wildman–Crippen MR) is 352 cm³/mol. The number of nitrogens with one attached hydrogen (secondary N) is 1. The van der Waals surface area contributed by atoms with E-state index in [9.17, 15) is 19.8 Å². The molecule has 0 radical (unpaired) electrons. The summed E-state index contributed by atoms with van der Waals surface area (Å²) in [6.07, 6.45) is 88.3. The van der Waals surface area contributed by atoms with Gasteiger partial charge >= 0.3 is 5.97 Å². The number of esters is 1. The molecule has 0 aliphatic heterocycles. The summed E-state index contributed by atoms with van der Waals surface area (Å²) in [6, 6.07) is -0.537. The minimum atomic E-state index is -0.660. The van der Waals surface area contributed by atoms with Gasteiger partial charge in [0.05, 0.1) is 25.4 Å². The van der Waals surface area contributed by atoms with E-state index in [4.69, 9.17) is 4.74 Å². The molecule has 0 heterocycles. The number of ether oxygens (including phenoxy) is 1. The highest BCUT2D eigenvalue weighted by molar-refractivity contribution is 5.76. The Morgan fingerprint density at radius 2 is 0.588 bits per heavy atom. The van der Waals surface area contributed by atoms with Crippen molar-refractivity contribution in [2.45, 2.75) is 424 Å². The van der Waals surface area contributed by atoms with Crippen molar-refractivity contribution in [2.75, 3.05) is 13.2 Å². The van der Waals surface area contributed by atoms with Gasteiger partial charge in [-0.25, -0.2) is 0 Å². The molecular weight excluding hydrogens is 983 g/mol. The van der Waals surface area contributed by atoms with E-state index in [0.717, 1.165) is 44.9 Å². The number of hydrogen-bond donors (Lipinski definition) is 3. The molecule has 2 atom stereocenters. The van der Waals surface area contributed by atoms with Crippen molar-refractivity contribution in [2.24, 2.45) is 0 Å². The first-order valence-electron chi connectivity index (χ1n) is 36.6. The van der Waals surface area contributed by atoms with E-state index in [1.807, 2.05) is 0 Å². The molecule has 1 amide bonds. The SMILES string of the molecule is CCCCCCCCC/C=C\CCCCCCCC(=O)OCCCCCCCCCCCCCCCC/C=C\CCCCCCCCCCCCCCCCCCCC(=O)NC(CO)C(O)CCCCCCCCCCCCCC. The van der Waals surface area contributed by atoms with Crippen LogP contribution in [0.15, 0.2) is 24.3 Å². The van der Waals surface area contributed by atoms with Crippen LogP contribution in [0.2, 0.25) is 0 Å². The fraction of sp³-hybridized carbons (Fsp3) is 0.919. The number of amides is 1. The molecule has 0 aliphatic carbocycles. The Labute approximate surface area is 501 Å². The smallest absolute Gasteiger partial charge is 0.305 e. The van der Waals surface area contributed by atoms with Crippen molar-refractivity contribution in [1.82, 2.24) is 5.32 Å². The summed E-state index contributed by atoms with van der Waals surface area (Å²) in [5.74, 6) is -0.0163. The molecule has 6 heteroatoms. The zero-order valence-corrected chi connectivity index (χ0v) is 54.3. The van der Waals surface area contributed by atoms with Crippen LogP contribution in [0.1, 0.15) is 412 Å². The molecule has 0 bridgehead atoms. The van der Waals surface area contributed by atoms with Gasteiger partial charge in [0, 0.05) is 12.8 Å². The van der Waals surface area contributed by atoms with Crippen LogP contribution in [0, 0.1) is 0 Å². The van der Waals surface area contributed by atoms with Crippen molar-refractivity contribution in [3.8, 4) is 0 Å². The Bertz CT molecular complexity index is 1250. The quantitative estimate of drug-likeness (QED) is 0.0320. The summed E-state index contributed by atoms with van der Waals surface area (Å²) in [5, 5.41) is 23.3. The van der Waals surface area contributed by atoms with E-state index >= 15 is 0 Å². The number of hydrogen-bond acceptors (Lipinski definition) is 5. The predicted octanol–water partition coefficient (Wildman–Crippen LogP) is 23.7. The van der Waals surface area contributed by atoms with Gasteiger partial charge in [-0.05, 0) is 77.0 Å². The third-order valence-electron chi connectivity index (χ3n) is 17.2. The van der Waals surface area contributed by atoms with Gasteiger partial charge in [-0.15, -0.1) is 0 Å². The molecule has 0 aromatic carbocycles. The zero-order chi connectivity index (χ0) is 57.8. The molecule has 2 unspecified atom stereocenters. The van der Waals surface area contributed by atoms with Crippen molar-refractivity contribution >= 4 is 11.9 Å². The van der Waals surface area contributed by atoms with Crippen LogP contribution in [0.25, 0.3) is 0 Å². The molecule has 0 spiro atoms. The molecule has 6 nitrogen and oxygen atoms in total. The van der Waals surface area contributed by atoms with Gasteiger partial charge < -0.3 is 20.3 Å². The van der Waals surface area contributed by atoms with Gasteiger partial charge in [0.15, 0.2) is 0 Å². The first-order valence-corrected chi connectivity index (χ1v) is 36.6. The van der Waals surface area contributed by atoms with E-state index in [0.29, 0.717) is 25.9 Å². The average Bonchev–Trinajstić information content (AvgIpc) is 3.46. The van der Waals surface area contributed by atoms with E-state index in [1.165, 1.54) is 334 Å². The Kier molecular flexibility index (Phi) is 68.4. The molecule has 0 fully saturated rings. The summed E-state index contributed by atoms with van der Waals surface area (Å²) in [6.45, 7) is 4.98. The van der Waals surface area contributed by atoms with E-state index in [1.54, 1.807) is 0 Å². The molecule has 474 valence electrons. The van der Waals surface area contributed by atoms with E-state index in [2.05, 4.69) is 43.5 Å². The van der Waals surface area contributed by atoms with Gasteiger partial charge in [-0.2, -0.15) is 0 Å². The molecule has 0 aromatic rings. The van der Waals surface area contributed by atoms with Crippen LogP contribution in [-0.2, 0) is 14.3 Å². The summed E-state index contributed by atoms with van der Waals surface area (Å²) >= 11 is 0. The van der Waals surface area contributed by atoms with Crippen LogP contribution < -0.4 is 5.32 Å². The summed E-state index contributed by atoms with van der Waals surface area (Å²) in [4.78, 5) is 24.6. The Hall–Kier alpha value is -1.66. The highest BCUT2D eigenvalue weighted by atomic mass is 16.5. The molecule has 3 N–H and O–H groups in total. The Morgan fingerprint density at radius 1 is 0.338 bits per heavy atom.